The van der Waals surface area contributed by atoms with Crippen LogP contribution in [-0.2, 0) is 28.6 Å². The van der Waals surface area contributed by atoms with Crippen LogP contribution in [-0.4, -0.2) is 37.8 Å². The van der Waals surface area contributed by atoms with Gasteiger partial charge in [0.2, 0.25) is 0 Å². The van der Waals surface area contributed by atoms with E-state index in [4.69, 9.17) is 9.47 Å². The summed E-state index contributed by atoms with van der Waals surface area (Å²) >= 11 is 0. The highest BCUT2D eigenvalue weighted by Gasteiger charge is 2.36. The maximum Gasteiger partial charge on any atom is 0.434 e. The summed E-state index contributed by atoms with van der Waals surface area (Å²) in [7, 11) is 0. The summed E-state index contributed by atoms with van der Waals surface area (Å²) in [6.45, 7) is 11.9. The first-order valence-corrected chi connectivity index (χ1v) is 11.5. The molecular weight excluding hydrogens is 463 g/mol. The third-order valence-corrected chi connectivity index (χ3v) is 5.31. The molecule has 2 aromatic rings. The number of carbonyl (C=O) groups excluding carboxylic acids is 2. The molecule has 7 nitrogen and oxygen atoms in total. The van der Waals surface area contributed by atoms with Crippen LogP contribution in [0.1, 0.15) is 77.7 Å². The van der Waals surface area contributed by atoms with Gasteiger partial charge in [-0.15, -0.1) is 0 Å². The number of hydrogen-bond donors (Lipinski definition) is 0. The zero-order valence-corrected chi connectivity index (χ0v) is 21.1. The van der Waals surface area contributed by atoms with Crippen molar-refractivity contribution in [2.75, 3.05) is 0 Å². The minimum absolute atomic E-state index is 0.116. The number of rotatable bonds is 2. The number of carbonyl (C=O) groups is 2. The van der Waals surface area contributed by atoms with E-state index in [1.165, 1.54) is 0 Å². The SMILES string of the molecule is CC1CCc2cc(CN(C(=O)OC(C)(C)C)C(=O)OC(C)(C)C)ccc2-c2nc(C(F)(F)F)cn21. The van der Waals surface area contributed by atoms with Crippen molar-refractivity contribution in [1.82, 2.24) is 14.5 Å². The lowest BCUT2D eigenvalue weighted by Crippen LogP contribution is -2.43. The monoisotopic (exact) mass is 495 g/mol. The van der Waals surface area contributed by atoms with Gasteiger partial charge in [-0.1, -0.05) is 18.2 Å². The molecule has 1 aromatic heterocycles. The Morgan fingerprint density at radius 3 is 2.14 bits per heavy atom. The molecule has 35 heavy (non-hydrogen) atoms. The van der Waals surface area contributed by atoms with Gasteiger partial charge in [-0.2, -0.15) is 13.2 Å². The van der Waals surface area contributed by atoms with Crippen molar-refractivity contribution in [3.63, 3.8) is 0 Å². The van der Waals surface area contributed by atoms with E-state index in [2.05, 4.69) is 4.98 Å². The normalized spacial score (nSPS) is 16.1. The molecule has 192 valence electrons. The van der Waals surface area contributed by atoms with Crippen LogP contribution in [0.2, 0.25) is 0 Å². The Bertz CT molecular complexity index is 1080. The maximum atomic E-state index is 13.3. The Hall–Kier alpha value is -3.04. The summed E-state index contributed by atoms with van der Waals surface area (Å²) in [4.78, 5) is 30.4. The molecule has 2 amide bonds. The number of ether oxygens (including phenoxy) is 2. The molecule has 1 aliphatic rings. The fourth-order valence-electron chi connectivity index (χ4n) is 3.76. The van der Waals surface area contributed by atoms with Gasteiger partial charge in [-0.05, 0) is 72.4 Å². The molecule has 0 fully saturated rings. The van der Waals surface area contributed by atoms with Gasteiger partial charge in [0, 0.05) is 17.8 Å². The Kier molecular flexibility index (Phi) is 6.98. The van der Waals surface area contributed by atoms with Gasteiger partial charge in [-0.3, -0.25) is 0 Å². The van der Waals surface area contributed by atoms with Crippen molar-refractivity contribution in [3.8, 4) is 11.4 Å². The second-order valence-electron chi connectivity index (χ2n) is 10.8. The zero-order valence-electron chi connectivity index (χ0n) is 21.1. The first-order chi connectivity index (χ1) is 15.9. The van der Waals surface area contributed by atoms with E-state index in [-0.39, 0.29) is 18.4 Å². The summed E-state index contributed by atoms with van der Waals surface area (Å²) in [5.41, 5.74) is -0.583. The van der Waals surface area contributed by atoms with Crippen LogP contribution in [0.5, 0.6) is 0 Å². The molecule has 0 saturated carbocycles. The standard InChI is InChI=1S/C25H32F3N3O4/c1-15-8-10-17-12-16(9-11-18(17)20-29-19(14-30(15)20)25(26,27)28)13-31(21(32)34-23(2,3)4)22(33)35-24(5,6)7/h9,11-12,14-15H,8,10,13H2,1-7H3. The highest BCUT2D eigenvalue weighted by molar-refractivity contribution is 5.88. The van der Waals surface area contributed by atoms with Crippen LogP contribution in [0.3, 0.4) is 0 Å². The summed E-state index contributed by atoms with van der Waals surface area (Å²) in [5, 5.41) is 0. The minimum atomic E-state index is -4.54. The number of alkyl halides is 3. The van der Waals surface area contributed by atoms with E-state index in [1.807, 2.05) is 6.92 Å². The number of fused-ring (bicyclic) bond motifs is 3. The molecule has 2 heterocycles. The highest BCUT2D eigenvalue weighted by atomic mass is 19.4. The second-order valence-corrected chi connectivity index (χ2v) is 10.8. The van der Waals surface area contributed by atoms with Gasteiger partial charge in [-0.25, -0.2) is 19.5 Å². The number of aromatic nitrogens is 2. The first kappa shape index (κ1) is 26.6. The van der Waals surface area contributed by atoms with Crippen molar-refractivity contribution in [3.05, 3.63) is 41.2 Å². The van der Waals surface area contributed by atoms with Gasteiger partial charge >= 0.3 is 18.4 Å². The number of nitrogens with zero attached hydrogens (tertiary/aromatic N) is 3. The van der Waals surface area contributed by atoms with Crippen LogP contribution >= 0.6 is 0 Å². The second kappa shape index (κ2) is 9.20. The van der Waals surface area contributed by atoms with Gasteiger partial charge in [0.1, 0.15) is 17.0 Å². The number of halogens is 3. The molecule has 0 aliphatic carbocycles. The average Bonchev–Trinajstić information content (AvgIpc) is 3.08. The molecule has 1 aliphatic heterocycles. The van der Waals surface area contributed by atoms with Gasteiger partial charge in [0.05, 0.1) is 6.54 Å². The topological polar surface area (TPSA) is 73.7 Å². The van der Waals surface area contributed by atoms with E-state index in [9.17, 15) is 22.8 Å². The molecule has 10 heteroatoms. The highest BCUT2D eigenvalue weighted by Crippen LogP contribution is 2.37. The van der Waals surface area contributed by atoms with Crippen LogP contribution < -0.4 is 0 Å². The van der Waals surface area contributed by atoms with Crippen LogP contribution in [0.4, 0.5) is 22.8 Å². The number of aryl methyl sites for hydroxylation is 1. The minimum Gasteiger partial charge on any atom is -0.443 e. The molecule has 3 rings (SSSR count). The number of amides is 2. The lowest BCUT2D eigenvalue weighted by molar-refractivity contribution is -0.140. The lowest BCUT2D eigenvalue weighted by atomic mass is 9.99. The van der Waals surface area contributed by atoms with Crippen molar-refractivity contribution in [2.24, 2.45) is 0 Å². The maximum absolute atomic E-state index is 13.3. The van der Waals surface area contributed by atoms with E-state index in [0.717, 1.165) is 16.7 Å². The van der Waals surface area contributed by atoms with Crippen molar-refractivity contribution in [1.29, 1.82) is 0 Å². The summed E-state index contributed by atoms with van der Waals surface area (Å²) in [6.07, 6.45) is -3.97. The molecule has 0 bridgehead atoms. The number of hydrogen-bond acceptors (Lipinski definition) is 5. The Morgan fingerprint density at radius 1 is 1.06 bits per heavy atom. The summed E-state index contributed by atoms with van der Waals surface area (Å²) in [5.74, 6) is 0.250. The van der Waals surface area contributed by atoms with Crippen LogP contribution in [0.15, 0.2) is 24.4 Å². The molecule has 0 spiro atoms. The predicted molar refractivity (Wildman–Crippen MR) is 124 cm³/mol. The van der Waals surface area contributed by atoms with Gasteiger partial charge < -0.3 is 14.0 Å². The summed E-state index contributed by atoms with van der Waals surface area (Å²) in [6, 6.07) is 4.97. The smallest absolute Gasteiger partial charge is 0.434 e. The number of imidazole rings is 1. The number of imide groups is 1. The zero-order chi connectivity index (χ0) is 26.3. The quantitative estimate of drug-likeness (QED) is 0.461. The van der Waals surface area contributed by atoms with Crippen molar-refractivity contribution < 1.29 is 32.2 Å². The summed E-state index contributed by atoms with van der Waals surface area (Å²) < 4.78 is 52.3. The largest absolute Gasteiger partial charge is 0.443 e. The molecule has 1 unspecified atom stereocenters. The molecule has 1 aromatic carbocycles. The van der Waals surface area contributed by atoms with E-state index in [1.54, 1.807) is 64.3 Å². The first-order valence-electron chi connectivity index (χ1n) is 11.5. The van der Waals surface area contributed by atoms with Gasteiger partial charge in [0.15, 0.2) is 5.69 Å². The third-order valence-electron chi connectivity index (χ3n) is 5.31. The van der Waals surface area contributed by atoms with E-state index in [0.29, 0.717) is 24.0 Å². The predicted octanol–water partition coefficient (Wildman–Crippen LogP) is 6.75. The molecule has 0 saturated heterocycles. The fraction of sp³-hybridized carbons (Fsp3) is 0.560. The third kappa shape index (κ3) is 6.55. The molecular formula is C25H32F3N3O4. The van der Waals surface area contributed by atoms with Crippen molar-refractivity contribution in [2.45, 2.75) is 91.3 Å². The lowest BCUT2D eigenvalue weighted by Gasteiger charge is -2.28. The van der Waals surface area contributed by atoms with Crippen molar-refractivity contribution >= 4 is 12.2 Å². The van der Waals surface area contributed by atoms with Gasteiger partial charge in [0.25, 0.3) is 0 Å². The van der Waals surface area contributed by atoms with Crippen LogP contribution in [0.25, 0.3) is 11.4 Å². The molecule has 0 radical (unpaired) electrons. The average molecular weight is 496 g/mol. The molecule has 1 atom stereocenters. The Labute approximate surface area is 203 Å². The Morgan fingerprint density at radius 2 is 1.63 bits per heavy atom. The molecule has 0 N–H and O–H groups in total. The van der Waals surface area contributed by atoms with E-state index < -0.39 is 35.3 Å². The Balaban J connectivity index is 1.96. The number of benzene rings is 1. The fourth-order valence-corrected chi connectivity index (χ4v) is 3.76. The van der Waals surface area contributed by atoms with E-state index >= 15 is 0 Å². The van der Waals surface area contributed by atoms with Crippen LogP contribution in [0, 0.1) is 0 Å².